The molecule has 4 heteroatoms. The molecule has 0 bridgehead atoms. The van der Waals surface area contributed by atoms with Gasteiger partial charge < -0.3 is 14.6 Å². The van der Waals surface area contributed by atoms with Gasteiger partial charge in [-0.3, -0.25) is 4.79 Å². The summed E-state index contributed by atoms with van der Waals surface area (Å²) in [5.41, 5.74) is 0. The van der Waals surface area contributed by atoms with Crippen LogP contribution in [0.25, 0.3) is 0 Å². The van der Waals surface area contributed by atoms with Gasteiger partial charge in [-0.15, -0.1) is 0 Å². The van der Waals surface area contributed by atoms with Crippen molar-refractivity contribution in [1.82, 2.24) is 10.2 Å². The second kappa shape index (κ2) is 6.05. The third kappa shape index (κ3) is 3.60. The second-order valence-electron chi connectivity index (χ2n) is 5.16. The molecule has 2 rings (SSSR count). The minimum atomic E-state index is 0.218. The van der Waals surface area contributed by atoms with Crippen LogP contribution in [0.3, 0.4) is 0 Å². The summed E-state index contributed by atoms with van der Waals surface area (Å²) in [6, 6.07) is 3.87. The zero-order valence-electron chi connectivity index (χ0n) is 11.2. The zero-order valence-corrected chi connectivity index (χ0v) is 11.2. The molecule has 0 aromatic carbocycles. The van der Waals surface area contributed by atoms with Crippen molar-refractivity contribution >= 4 is 5.91 Å². The fourth-order valence-corrected chi connectivity index (χ4v) is 2.38. The standard InChI is InChI=1S/C14H22N2O2/c1-11-3-4-13(18-11)10-16(2)14(17)9-12-5-7-15-8-6-12/h3-4,12,15H,5-10H2,1-2H3. The van der Waals surface area contributed by atoms with E-state index in [1.807, 2.05) is 26.1 Å². The first-order valence-corrected chi connectivity index (χ1v) is 6.65. The molecule has 1 N–H and O–H groups in total. The van der Waals surface area contributed by atoms with Gasteiger partial charge in [0, 0.05) is 13.5 Å². The highest BCUT2D eigenvalue weighted by molar-refractivity contribution is 5.76. The Morgan fingerprint density at radius 3 is 2.78 bits per heavy atom. The fraction of sp³-hybridized carbons (Fsp3) is 0.643. The molecule has 0 atom stereocenters. The van der Waals surface area contributed by atoms with Crippen LogP contribution in [-0.2, 0) is 11.3 Å². The van der Waals surface area contributed by atoms with Gasteiger partial charge in [-0.2, -0.15) is 0 Å². The lowest BCUT2D eigenvalue weighted by Gasteiger charge is -2.24. The van der Waals surface area contributed by atoms with E-state index in [1.165, 1.54) is 0 Å². The van der Waals surface area contributed by atoms with Crippen molar-refractivity contribution < 1.29 is 9.21 Å². The topological polar surface area (TPSA) is 45.5 Å². The van der Waals surface area contributed by atoms with Gasteiger partial charge in [-0.05, 0) is 50.9 Å². The quantitative estimate of drug-likeness (QED) is 0.888. The predicted molar refractivity (Wildman–Crippen MR) is 70.1 cm³/mol. The lowest BCUT2D eigenvalue weighted by atomic mass is 9.94. The molecule has 0 aliphatic carbocycles. The number of piperidine rings is 1. The predicted octanol–water partition coefficient (Wildman–Crippen LogP) is 1.94. The molecule has 1 amide bonds. The number of rotatable bonds is 4. The van der Waals surface area contributed by atoms with Gasteiger partial charge in [0.05, 0.1) is 6.54 Å². The number of hydrogen-bond acceptors (Lipinski definition) is 3. The summed E-state index contributed by atoms with van der Waals surface area (Å²) in [4.78, 5) is 13.9. The van der Waals surface area contributed by atoms with Crippen LogP contribution in [0.15, 0.2) is 16.5 Å². The monoisotopic (exact) mass is 250 g/mol. The lowest BCUT2D eigenvalue weighted by molar-refractivity contribution is -0.131. The molecule has 2 heterocycles. The van der Waals surface area contributed by atoms with Gasteiger partial charge in [0.15, 0.2) is 0 Å². The summed E-state index contributed by atoms with van der Waals surface area (Å²) in [7, 11) is 1.85. The molecular formula is C14H22N2O2. The van der Waals surface area contributed by atoms with E-state index < -0.39 is 0 Å². The average Bonchev–Trinajstić information content (AvgIpc) is 2.76. The van der Waals surface area contributed by atoms with Crippen LogP contribution in [0.1, 0.15) is 30.8 Å². The smallest absolute Gasteiger partial charge is 0.222 e. The molecule has 1 aromatic heterocycles. The largest absolute Gasteiger partial charge is 0.464 e. The van der Waals surface area contributed by atoms with Crippen molar-refractivity contribution in [2.45, 2.75) is 32.7 Å². The highest BCUT2D eigenvalue weighted by atomic mass is 16.3. The highest BCUT2D eigenvalue weighted by Gasteiger charge is 2.19. The summed E-state index contributed by atoms with van der Waals surface area (Å²) < 4.78 is 5.49. The number of carbonyl (C=O) groups is 1. The first-order chi connectivity index (χ1) is 8.65. The Hall–Kier alpha value is -1.29. The number of nitrogens with zero attached hydrogens (tertiary/aromatic N) is 1. The van der Waals surface area contributed by atoms with Gasteiger partial charge >= 0.3 is 0 Å². The van der Waals surface area contributed by atoms with Gasteiger partial charge in [-0.25, -0.2) is 0 Å². The third-order valence-electron chi connectivity index (χ3n) is 3.54. The summed E-state index contributed by atoms with van der Waals surface area (Å²) in [6.07, 6.45) is 2.89. The van der Waals surface area contributed by atoms with E-state index in [2.05, 4.69) is 5.32 Å². The SMILES string of the molecule is Cc1ccc(CN(C)C(=O)CC2CCNCC2)o1. The van der Waals surface area contributed by atoms with E-state index in [0.29, 0.717) is 18.9 Å². The first-order valence-electron chi connectivity index (χ1n) is 6.65. The molecule has 18 heavy (non-hydrogen) atoms. The van der Waals surface area contributed by atoms with Crippen LogP contribution in [-0.4, -0.2) is 30.9 Å². The van der Waals surface area contributed by atoms with Crippen LogP contribution in [0, 0.1) is 12.8 Å². The minimum absolute atomic E-state index is 0.218. The molecule has 0 saturated carbocycles. The summed E-state index contributed by atoms with van der Waals surface area (Å²) in [5, 5.41) is 3.32. The van der Waals surface area contributed by atoms with Gasteiger partial charge in [0.2, 0.25) is 5.91 Å². The van der Waals surface area contributed by atoms with E-state index in [4.69, 9.17) is 4.42 Å². The number of nitrogens with one attached hydrogen (secondary N) is 1. The van der Waals surface area contributed by atoms with E-state index >= 15 is 0 Å². The fourth-order valence-electron chi connectivity index (χ4n) is 2.38. The molecule has 0 radical (unpaired) electrons. The van der Waals surface area contributed by atoms with Crippen molar-refractivity contribution in [2.75, 3.05) is 20.1 Å². The molecule has 1 saturated heterocycles. The van der Waals surface area contributed by atoms with E-state index in [-0.39, 0.29) is 5.91 Å². The average molecular weight is 250 g/mol. The number of aryl methyl sites for hydroxylation is 1. The molecule has 100 valence electrons. The summed E-state index contributed by atoms with van der Waals surface area (Å²) >= 11 is 0. The summed E-state index contributed by atoms with van der Waals surface area (Å²) in [5.74, 6) is 2.51. The molecule has 0 unspecified atom stereocenters. The van der Waals surface area contributed by atoms with Crippen LogP contribution >= 0.6 is 0 Å². The Kier molecular flexibility index (Phi) is 4.42. The Morgan fingerprint density at radius 2 is 2.17 bits per heavy atom. The summed E-state index contributed by atoms with van der Waals surface area (Å²) in [6.45, 7) is 4.57. The van der Waals surface area contributed by atoms with Gasteiger partial charge in [-0.1, -0.05) is 0 Å². The van der Waals surface area contributed by atoms with E-state index in [0.717, 1.165) is 37.5 Å². The lowest BCUT2D eigenvalue weighted by Crippen LogP contribution is -2.33. The maximum Gasteiger partial charge on any atom is 0.222 e. The Labute approximate surface area is 108 Å². The number of furan rings is 1. The Morgan fingerprint density at radius 1 is 1.44 bits per heavy atom. The van der Waals surface area contributed by atoms with Crippen LogP contribution in [0.5, 0.6) is 0 Å². The maximum atomic E-state index is 12.1. The number of carbonyl (C=O) groups excluding carboxylic acids is 1. The third-order valence-corrected chi connectivity index (χ3v) is 3.54. The van der Waals surface area contributed by atoms with Crippen molar-refractivity contribution in [1.29, 1.82) is 0 Å². The van der Waals surface area contributed by atoms with Crippen molar-refractivity contribution in [3.63, 3.8) is 0 Å². The van der Waals surface area contributed by atoms with Crippen LogP contribution in [0.4, 0.5) is 0 Å². The van der Waals surface area contributed by atoms with Crippen molar-refractivity contribution in [3.8, 4) is 0 Å². The minimum Gasteiger partial charge on any atom is -0.464 e. The van der Waals surface area contributed by atoms with Crippen LogP contribution in [0.2, 0.25) is 0 Å². The normalized spacial score (nSPS) is 16.8. The van der Waals surface area contributed by atoms with E-state index in [1.54, 1.807) is 4.90 Å². The second-order valence-corrected chi connectivity index (χ2v) is 5.16. The number of amides is 1. The molecule has 0 spiro atoms. The van der Waals surface area contributed by atoms with Crippen molar-refractivity contribution in [2.24, 2.45) is 5.92 Å². The molecule has 4 nitrogen and oxygen atoms in total. The molecule has 1 aromatic rings. The number of hydrogen-bond donors (Lipinski definition) is 1. The van der Waals surface area contributed by atoms with Gasteiger partial charge in [0.1, 0.15) is 11.5 Å². The molecular weight excluding hydrogens is 228 g/mol. The molecule has 1 aliphatic heterocycles. The Balaban J connectivity index is 1.80. The van der Waals surface area contributed by atoms with Crippen molar-refractivity contribution in [3.05, 3.63) is 23.7 Å². The highest BCUT2D eigenvalue weighted by Crippen LogP contribution is 2.18. The van der Waals surface area contributed by atoms with Gasteiger partial charge in [0.25, 0.3) is 0 Å². The maximum absolute atomic E-state index is 12.1. The Bertz CT molecular complexity index is 394. The molecule has 1 fully saturated rings. The van der Waals surface area contributed by atoms with Crippen LogP contribution < -0.4 is 5.32 Å². The first kappa shape index (κ1) is 13.1. The van der Waals surface area contributed by atoms with E-state index in [9.17, 15) is 4.79 Å². The zero-order chi connectivity index (χ0) is 13.0. The molecule has 1 aliphatic rings.